The van der Waals surface area contributed by atoms with Gasteiger partial charge in [0.25, 0.3) is 23.6 Å². The molecule has 0 spiro atoms. The van der Waals surface area contributed by atoms with Crippen LogP contribution in [0.1, 0.15) is 67.3 Å². The van der Waals surface area contributed by atoms with Gasteiger partial charge in [-0.05, 0) is 49.6 Å². The van der Waals surface area contributed by atoms with E-state index >= 15 is 0 Å². The lowest BCUT2D eigenvalue weighted by molar-refractivity contribution is 0.0635. The van der Waals surface area contributed by atoms with Gasteiger partial charge in [0.15, 0.2) is 0 Å². The molecular weight excluding hydrogens is 418 g/mol. The molecule has 7 heteroatoms. The van der Waals surface area contributed by atoms with E-state index in [-0.39, 0.29) is 35.1 Å². The minimum absolute atomic E-state index is 0.0313. The highest BCUT2D eigenvalue weighted by Crippen LogP contribution is 2.25. The van der Waals surface area contributed by atoms with Gasteiger partial charge in [-0.15, -0.1) is 0 Å². The first-order chi connectivity index (χ1) is 15.8. The maximum Gasteiger partial charge on any atom is 0.261 e. The summed E-state index contributed by atoms with van der Waals surface area (Å²) in [4.78, 5) is 56.2. The first kappa shape index (κ1) is 22.7. The Bertz CT molecular complexity index is 1110. The zero-order chi connectivity index (χ0) is 23.7. The third kappa shape index (κ3) is 4.53. The van der Waals surface area contributed by atoms with Crippen LogP contribution in [0.15, 0.2) is 42.5 Å². The molecule has 0 saturated carbocycles. The van der Waals surface area contributed by atoms with Gasteiger partial charge in [-0.3, -0.25) is 24.1 Å². The molecule has 2 aromatic rings. The van der Waals surface area contributed by atoms with Crippen molar-refractivity contribution in [3.8, 4) is 0 Å². The summed E-state index contributed by atoms with van der Waals surface area (Å²) >= 11 is 0. The Labute approximate surface area is 194 Å². The lowest BCUT2D eigenvalue weighted by Crippen LogP contribution is -2.37. The second-order valence-electron chi connectivity index (χ2n) is 9.18. The molecule has 2 aliphatic heterocycles. The average molecular weight is 448 g/mol. The Kier molecular flexibility index (Phi) is 6.31. The molecule has 1 saturated heterocycles. The second kappa shape index (κ2) is 9.17. The number of imide groups is 1. The van der Waals surface area contributed by atoms with Gasteiger partial charge in [-0.2, -0.15) is 0 Å². The number of rotatable bonds is 4. The molecule has 0 bridgehead atoms. The summed E-state index contributed by atoms with van der Waals surface area (Å²) in [5.74, 6) is -0.705. The molecular formula is C26H29N3O4. The van der Waals surface area contributed by atoms with Gasteiger partial charge in [0.2, 0.25) is 0 Å². The van der Waals surface area contributed by atoms with Crippen molar-refractivity contribution >= 4 is 23.6 Å². The lowest BCUT2D eigenvalue weighted by atomic mass is 10.0. The first-order valence-electron chi connectivity index (χ1n) is 11.4. The Morgan fingerprint density at radius 3 is 1.94 bits per heavy atom. The molecule has 4 amide bonds. The smallest absolute Gasteiger partial charge is 0.261 e. The maximum absolute atomic E-state index is 13.2. The zero-order valence-electron chi connectivity index (χ0n) is 19.3. The van der Waals surface area contributed by atoms with Crippen LogP contribution in [-0.4, -0.2) is 71.1 Å². The predicted molar refractivity (Wildman–Crippen MR) is 124 cm³/mol. The van der Waals surface area contributed by atoms with Gasteiger partial charge in [0.1, 0.15) is 0 Å². The highest BCUT2D eigenvalue weighted by atomic mass is 16.2. The van der Waals surface area contributed by atoms with Crippen molar-refractivity contribution in [2.75, 3.05) is 32.7 Å². The fourth-order valence-corrected chi connectivity index (χ4v) is 4.34. The second-order valence-corrected chi connectivity index (χ2v) is 9.18. The molecule has 33 heavy (non-hydrogen) atoms. The quantitative estimate of drug-likeness (QED) is 0.674. The number of nitrogens with zero attached hydrogens (tertiary/aromatic N) is 3. The van der Waals surface area contributed by atoms with E-state index in [1.807, 2.05) is 45.0 Å². The van der Waals surface area contributed by atoms with E-state index < -0.39 is 0 Å². The number of carbonyl (C=O) groups excluding carboxylic acids is 4. The van der Waals surface area contributed by atoms with Gasteiger partial charge in [-0.1, -0.05) is 31.5 Å². The third-order valence-electron chi connectivity index (χ3n) is 6.13. The van der Waals surface area contributed by atoms with Crippen LogP contribution in [-0.2, 0) is 0 Å². The minimum atomic E-state index is -0.343. The van der Waals surface area contributed by atoms with E-state index in [0.717, 1.165) is 5.56 Å². The molecule has 0 aromatic heterocycles. The summed E-state index contributed by atoms with van der Waals surface area (Å²) in [5, 5.41) is 0. The fourth-order valence-electron chi connectivity index (χ4n) is 4.34. The van der Waals surface area contributed by atoms with Crippen molar-refractivity contribution in [3.05, 3.63) is 70.3 Å². The van der Waals surface area contributed by atoms with E-state index in [1.54, 1.807) is 28.0 Å². The van der Waals surface area contributed by atoms with Crippen molar-refractivity contribution in [1.29, 1.82) is 0 Å². The first-order valence-corrected chi connectivity index (χ1v) is 11.4. The molecule has 0 aliphatic carbocycles. The van der Waals surface area contributed by atoms with Crippen LogP contribution in [0.25, 0.3) is 0 Å². The van der Waals surface area contributed by atoms with E-state index in [0.29, 0.717) is 55.8 Å². The monoisotopic (exact) mass is 447 g/mol. The topological polar surface area (TPSA) is 78.0 Å². The van der Waals surface area contributed by atoms with Gasteiger partial charge in [0, 0.05) is 43.9 Å². The molecule has 0 atom stereocenters. The normalized spacial score (nSPS) is 16.3. The molecule has 7 nitrogen and oxygen atoms in total. The Hall–Kier alpha value is -3.48. The van der Waals surface area contributed by atoms with Crippen LogP contribution in [0, 0.1) is 12.8 Å². The maximum atomic E-state index is 13.2. The van der Waals surface area contributed by atoms with Gasteiger partial charge in [-0.25, -0.2) is 0 Å². The van der Waals surface area contributed by atoms with Crippen LogP contribution in [0.3, 0.4) is 0 Å². The number of hydrogen-bond acceptors (Lipinski definition) is 4. The minimum Gasteiger partial charge on any atom is -0.337 e. The highest BCUT2D eigenvalue weighted by Gasteiger charge is 2.36. The number of aryl methyl sites for hydroxylation is 1. The Balaban J connectivity index is 1.46. The predicted octanol–water partition coefficient (Wildman–Crippen LogP) is 3.24. The van der Waals surface area contributed by atoms with E-state index in [9.17, 15) is 19.2 Å². The van der Waals surface area contributed by atoms with Crippen LogP contribution < -0.4 is 0 Å². The van der Waals surface area contributed by atoms with Crippen molar-refractivity contribution in [3.63, 3.8) is 0 Å². The molecule has 0 N–H and O–H groups in total. The molecule has 2 aromatic carbocycles. The summed E-state index contributed by atoms with van der Waals surface area (Å²) in [7, 11) is 0. The van der Waals surface area contributed by atoms with E-state index in [1.165, 1.54) is 4.90 Å². The number of carbonyl (C=O) groups is 4. The largest absolute Gasteiger partial charge is 0.337 e. The fraction of sp³-hybridized carbons (Fsp3) is 0.385. The van der Waals surface area contributed by atoms with Crippen LogP contribution >= 0.6 is 0 Å². The summed E-state index contributed by atoms with van der Waals surface area (Å²) in [5.41, 5.74) is 2.77. The Morgan fingerprint density at radius 2 is 1.33 bits per heavy atom. The number of benzene rings is 2. The summed E-state index contributed by atoms with van der Waals surface area (Å²) in [6.45, 7) is 8.20. The molecule has 2 heterocycles. The molecule has 172 valence electrons. The summed E-state index contributed by atoms with van der Waals surface area (Å²) in [6, 6.07) is 12.2. The number of hydrogen-bond donors (Lipinski definition) is 0. The zero-order valence-corrected chi connectivity index (χ0v) is 19.3. The van der Waals surface area contributed by atoms with Gasteiger partial charge in [0.05, 0.1) is 11.1 Å². The molecule has 1 fully saturated rings. The molecule has 4 rings (SSSR count). The van der Waals surface area contributed by atoms with Crippen LogP contribution in [0.5, 0.6) is 0 Å². The molecule has 0 radical (unpaired) electrons. The van der Waals surface area contributed by atoms with Crippen molar-refractivity contribution < 1.29 is 19.2 Å². The summed E-state index contributed by atoms with van der Waals surface area (Å²) in [6.07, 6.45) is 0.674. The number of fused-ring (bicyclic) bond motifs is 1. The van der Waals surface area contributed by atoms with Crippen molar-refractivity contribution in [2.45, 2.75) is 27.2 Å². The molecule has 2 aliphatic rings. The van der Waals surface area contributed by atoms with Gasteiger partial charge >= 0.3 is 0 Å². The lowest BCUT2D eigenvalue weighted by Gasteiger charge is -2.22. The van der Waals surface area contributed by atoms with Crippen molar-refractivity contribution in [1.82, 2.24) is 14.7 Å². The van der Waals surface area contributed by atoms with Crippen LogP contribution in [0.4, 0.5) is 0 Å². The van der Waals surface area contributed by atoms with Crippen LogP contribution in [0.2, 0.25) is 0 Å². The third-order valence-corrected chi connectivity index (χ3v) is 6.13. The highest BCUT2D eigenvalue weighted by molar-refractivity contribution is 6.22. The standard InChI is InChI=1S/C26H29N3O4/c1-17(2)16-29-25(32)21-10-9-20(15-22(21)26(29)33)24(31)28-12-4-11-27(13-14-28)23(30)19-7-5-18(3)6-8-19/h5-10,15,17H,4,11-14,16H2,1-3H3. The molecule has 0 unspecified atom stereocenters. The van der Waals surface area contributed by atoms with Crippen molar-refractivity contribution in [2.24, 2.45) is 5.92 Å². The van der Waals surface area contributed by atoms with Gasteiger partial charge < -0.3 is 9.80 Å². The Morgan fingerprint density at radius 1 is 0.788 bits per heavy atom. The average Bonchev–Trinajstić information content (AvgIpc) is 2.97. The van der Waals surface area contributed by atoms with E-state index in [2.05, 4.69) is 0 Å². The number of amides is 4. The summed E-state index contributed by atoms with van der Waals surface area (Å²) < 4.78 is 0. The van der Waals surface area contributed by atoms with E-state index in [4.69, 9.17) is 0 Å². The SMILES string of the molecule is Cc1ccc(C(=O)N2CCCN(C(=O)c3ccc4c(c3)C(=O)N(CC(C)C)C4=O)CC2)cc1.